The third kappa shape index (κ3) is 5.96. The zero-order valence-electron chi connectivity index (χ0n) is 31.0. The molecule has 3 heteroatoms. The molecule has 0 bridgehead atoms. The summed E-state index contributed by atoms with van der Waals surface area (Å²) in [4.78, 5) is 10.1. The van der Waals surface area contributed by atoms with E-state index in [-0.39, 0.29) is 0 Å². The zero-order valence-corrected chi connectivity index (χ0v) is 31.0. The molecule has 0 amide bonds. The third-order valence-corrected chi connectivity index (χ3v) is 10.8. The quantitative estimate of drug-likeness (QED) is 0.170. The summed E-state index contributed by atoms with van der Waals surface area (Å²) in [6, 6.07) is 70.6. The molecule has 11 aromatic rings. The number of fused-ring (bicyclic) bond motifs is 9. The summed E-state index contributed by atoms with van der Waals surface area (Å²) in [7, 11) is 0. The largest absolute Gasteiger partial charge is 0.309 e. The van der Waals surface area contributed by atoms with Crippen LogP contribution in [0, 0.1) is 6.92 Å². The van der Waals surface area contributed by atoms with Crippen LogP contribution in [0.1, 0.15) is 5.56 Å². The molecule has 2 aromatic heterocycles. The van der Waals surface area contributed by atoms with Gasteiger partial charge in [0.2, 0.25) is 0 Å². The van der Waals surface area contributed by atoms with E-state index in [9.17, 15) is 0 Å². The van der Waals surface area contributed by atoms with Crippen LogP contribution in [-0.2, 0) is 0 Å². The van der Waals surface area contributed by atoms with Crippen LogP contribution in [0.25, 0.3) is 93.6 Å². The maximum absolute atomic E-state index is 5.16. The molecule has 3 nitrogen and oxygen atoms in total. The van der Waals surface area contributed by atoms with E-state index in [2.05, 4.69) is 212 Å². The minimum atomic E-state index is 0.881. The summed E-state index contributed by atoms with van der Waals surface area (Å²) >= 11 is 0. The van der Waals surface area contributed by atoms with E-state index >= 15 is 0 Å². The first-order chi connectivity index (χ1) is 27.7. The molecule has 0 aliphatic carbocycles. The lowest BCUT2D eigenvalue weighted by molar-refractivity contribution is 1.18. The minimum Gasteiger partial charge on any atom is -0.309 e. The van der Waals surface area contributed by atoms with Gasteiger partial charge in [0.15, 0.2) is 0 Å². The first-order valence-electron chi connectivity index (χ1n) is 19.1. The summed E-state index contributed by atoms with van der Waals surface area (Å²) in [5.41, 5.74) is 13.6. The maximum Gasteiger partial charge on any atom is 0.0979 e. The summed E-state index contributed by atoms with van der Waals surface area (Å²) in [6.45, 7) is 2.12. The Morgan fingerprint density at radius 2 is 0.821 bits per heavy atom. The predicted octanol–water partition coefficient (Wildman–Crippen LogP) is 14.0. The second-order valence-electron chi connectivity index (χ2n) is 14.3. The van der Waals surface area contributed by atoms with Crippen molar-refractivity contribution in [3.63, 3.8) is 0 Å². The average molecular weight is 716 g/mol. The lowest BCUT2D eigenvalue weighted by Gasteiger charge is -2.11. The fraction of sp³-hybridized carbons (Fsp3) is 0.0189. The van der Waals surface area contributed by atoms with E-state index in [1.807, 2.05) is 6.20 Å². The highest BCUT2D eigenvalue weighted by Gasteiger charge is 2.13. The van der Waals surface area contributed by atoms with Crippen LogP contribution in [0.15, 0.2) is 206 Å². The van der Waals surface area contributed by atoms with Gasteiger partial charge in [-0.15, -0.1) is 0 Å². The highest BCUT2D eigenvalue weighted by atomic mass is 15.0. The topological polar surface area (TPSA) is 30.7 Å². The van der Waals surface area contributed by atoms with Gasteiger partial charge in [0.25, 0.3) is 0 Å². The van der Waals surface area contributed by atoms with Gasteiger partial charge in [0.05, 0.1) is 34.0 Å². The molecule has 264 valence electrons. The SMILES string of the molecule is Cc1ccc(-c2ccc(-c3cccc(-c4cnc5c6ccccc6c6ccccc6c5n4)c3)cc2)cc1.c1ccc(-n2c3ccccc3c3ccccc32)cc1. The predicted molar refractivity (Wildman–Crippen MR) is 236 cm³/mol. The van der Waals surface area contributed by atoms with Gasteiger partial charge >= 0.3 is 0 Å². The third-order valence-electron chi connectivity index (χ3n) is 10.8. The molecule has 9 aromatic carbocycles. The van der Waals surface area contributed by atoms with Gasteiger partial charge in [-0.2, -0.15) is 0 Å². The first kappa shape index (κ1) is 33.2. The smallest absolute Gasteiger partial charge is 0.0979 e. The normalized spacial score (nSPS) is 11.3. The van der Waals surface area contributed by atoms with Crippen LogP contribution in [0.3, 0.4) is 0 Å². The highest BCUT2D eigenvalue weighted by molar-refractivity contribution is 6.23. The van der Waals surface area contributed by atoms with E-state index in [4.69, 9.17) is 9.97 Å². The standard InChI is InChI=1S/C35H24N2.C18H13N/c1-23-13-15-24(16-14-23)25-17-19-26(20-18-25)27-7-6-8-28(21-27)33-22-36-34-31-11-4-2-9-29(31)30-10-3-5-12-32(30)35(34)37-33;1-2-8-14(9-3-1)19-17-12-6-4-10-15(17)16-11-5-7-13-18(16)19/h2-22H,1H3;1-13H. The Hall–Kier alpha value is -7.36. The second kappa shape index (κ2) is 14.1. The van der Waals surface area contributed by atoms with E-state index in [0.29, 0.717) is 0 Å². The van der Waals surface area contributed by atoms with Crippen molar-refractivity contribution in [1.82, 2.24) is 14.5 Å². The Morgan fingerprint density at radius 1 is 0.357 bits per heavy atom. The molecule has 11 rings (SSSR count). The molecular formula is C53H37N3. The van der Waals surface area contributed by atoms with Crippen molar-refractivity contribution in [3.8, 4) is 39.2 Å². The molecular weight excluding hydrogens is 679 g/mol. The number of rotatable bonds is 4. The van der Waals surface area contributed by atoms with E-state index in [0.717, 1.165) is 33.1 Å². The lowest BCUT2D eigenvalue weighted by atomic mass is 9.97. The highest BCUT2D eigenvalue weighted by Crippen LogP contribution is 2.35. The zero-order chi connectivity index (χ0) is 37.4. The van der Waals surface area contributed by atoms with Crippen molar-refractivity contribution in [2.75, 3.05) is 0 Å². The molecule has 0 saturated heterocycles. The molecule has 0 fully saturated rings. The number of aryl methyl sites for hydroxylation is 1. The Labute approximate surface area is 325 Å². The number of aromatic nitrogens is 3. The molecule has 0 N–H and O–H groups in total. The summed E-state index contributed by atoms with van der Waals surface area (Å²) in [5, 5.41) is 7.30. The van der Waals surface area contributed by atoms with Crippen LogP contribution < -0.4 is 0 Å². The number of benzene rings is 9. The van der Waals surface area contributed by atoms with Gasteiger partial charge in [0.1, 0.15) is 0 Å². The molecule has 0 aliphatic heterocycles. The molecule has 2 heterocycles. The fourth-order valence-electron chi connectivity index (χ4n) is 8.00. The molecule has 0 atom stereocenters. The molecule has 0 saturated carbocycles. The van der Waals surface area contributed by atoms with Crippen LogP contribution in [-0.4, -0.2) is 14.5 Å². The van der Waals surface area contributed by atoms with Gasteiger partial charge in [-0.05, 0) is 70.3 Å². The number of para-hydroxylation sites is 3. The number of hydrogen-bond donors (Lipinski definition) is 0. The number of nitrogens with zero attached hydrogens (tertiary/aromatic N) is 3. The Kier molecular flexibility index (Phi) is 8.38. The van der Waals surface area contributed by atoms with Crippen molar-refractivity contribution in [3.05, 3.63) is 212 Å². The number of hydrogen-bond acceptors (Lipinski definition) is 2. The van der Waals surface area contributed by atoms with Gasteiger partial charge in [-0.3, -0.25) is 4.98 Å². The summed E-state index contributed by atoms with van der Waals surface area (Å²) < 4.78 is 2.32. The maximum atomic E-state index is 5.16. The molecule has 0 unspecified atom stereocenters. The van der Waals surface area contributed by atoms with Crippen LogP contribution in [0.2, 0.25) is 0 Å². The average Bonchev–Trinajstić information content (AvgIpc) is 3.62. The molecule has 56 heavy (non-hydrogen) atoms. The Balaban J connectivity index is 0.000000169. The van der Waals surface area contributed by atoms with Crippen molar-refractivity contribution >= 4 is 54.4 Å². The van der Waals surface area contributed by atoms with Gasteiger partial charge < -0.3 is 4.57 Å². The van der Waals surface area contributed by atoms with Crippen LogP contribution in [0.5, 0.6) is 0 Å². The first-order valence-corrected chi connectivity index (χ1v) is 19.1. The fourth-order valence-corrected chi connectivity index (χ4v) is 8.00. The van der Waals surface area contributed by atoms with Gasteiger partial charge in [0, 0.05) is 32.8 Å². The van der Waals surface area contributed by atoms with Crippen LogP contribution in [0.4, 0.5) is 0 Å². The van der Waals surface area contributed by atoms with Crippen molar-refractivity contribution in [1.29, 1.82) is 0 Å². The molecule has 0 radical (unpaired) electrons. The summed E-state index contributed by atoms with van der Waals surface area (Å²) in [5.74, 6) is 0. The van der Waals surface area contributed by atoms with Gasteiger partial charge in [-0.1, -0.05) is 175 Å². The van der Waals surface area contributed by atoms with E-state index in [1.54, 1.807) is 0 Å². The monoisotopic (exact) mass is 715 g/mol. The van der Waals surface area contributed by atoms with Crippen LogP contribution >= 0.6 is 0 Å². The lowest BCUT2D eigenvalue weighted by Crippen LogP contribution is -1.92. The molecule has 0 aliphatic rings. The van der Waals surface area contributed by atoms with E-state index < -0.39 is 0 Å². The Bertz CT molecular complexity index is 3090. The van der Waals surface area contributed by atoms with E-state index in [1.165, 1.54) is 66.1 Å². The summed E-state index contributed by atoms with van der Waals surface area (Å²) in [6.07, 6.45) is 1.91. The van der Waals surface area contributed by atoms with Crippen molar-refractivity contribution in [2.45, 2.75) is 6.92 Å². The minimum absolute atomic E-state index is 0.881. The van der Waals surface area contributed by atoms with Gasteiger partial charge in [-0.25, -0.2) is 4.98 Å². The Morgan fingerprint density at radius 3 is 1.43 bits per heavy atom. The molecule has 0 spiro atoms. The second-order valence-corrected chi connectivity index (χ2v) is 14.3. The van der Waals surface area contributed by atoms with Crippen molar-refractivity contribution in [2.24, 2.45) is 0 Å². The van der Waals surface area contributed by atoms with Crippen molar-refractivity contribution < 1.29 is 0 Å².